The van der Waals surface area contributed by atoms with Crippen molar-refractivity contribution < 1.29 is 23.2 Å². The first kappa shape index (κ1) is 15.2. The maximum Gasteiger partial charge on any atom is 0.342 e. The largest absolute Gasteiger partial charge is 0.477 e. The van der Waals surface area contributed by atoms with E-state index in [-0.39, 0.29) is 23.2 Å². The van der Waals surface area contributed by atoms with Crippen LogP contribution in [0.25, 0.3) is 0 Å². The van der Waals surface area contributed by atoms with Crippen LogP contribution < -0.4 is 5.32 Å². The lowest BCUT2D eigenvalue weighted by Crippen LogP contribution is -2.16. The van der Waals surface area contributed by atoms with Gasteiger partial charge in [0, 0.05) is 12.6 Å². The molecular formula is C11H13N3O6S. The van der Waals surface area contributed by atoms with Gasteiger partial charge in [-0.15, -0.1) is 0 Å². The predicted molar refractivity (Wildman–Crippen MR) is 73.1 cm³/mol. The summed E-state index contributed by atoms with van der Waals surface area (Å²) in [6.45, 7) is 0.323. The van der Waals surface area contributed by atoms with E-state index in [0.717, 1.165) is 12.3 Å². The third-order valence-electron chi connectivity index (χ3n) is 3.21. The fourth-order valence-corrected chi connectivity index (χ4v) is 4.01. The molecule has 0 saturated carbocycles. The fourth-order valence-electron chi connectivity index (χ4n) is 2.14. The average Bonchev–Trinajstić information content (AvgIpc) is 2.75. The number of rotatable bonds is 5. The lowest BCUT2D eigenvalue weighted by molar-refractivity contribution is -0.385. The molecule has 1 aromatic heterocycles. The van der Waals surface area contributed by atoms with Crippen molar-refractivity contribution in [3.05, 3.63) is 27.9 Å². The fraction of sp³-hybridized carbons (Fsp3) is 0.455. The van der Waals surface area contributed by atoms with Crippen LogP contribution in [-0.2, 0) is 9.84 Å². The first-order chi connectivity index (χ1) is 9.78. The minimum absolute atomic E-state index is 0.0692. The molecule has 0 bridgehead atoms. The molecule has 0 amide bonds. The molecule has 0 spiro atoms. The Morgan fingerprint density at radius 1 is 1.57 bits per heavy atom. The van der Waals surface area contributed by atoms with Gasteiger partial charge < -0.3 is 10.4 Å². The summed E-state index contributed by atoms with van der Waals surface area (Å²) in [5.74, 6) is -1.09. The number of nitro groups is 1. The molecule has 1 aliphatic heterocycles. The van der Waals surface area contributed by atoms with E-state index in [1.807, 2.05) is 0 Å². The van der Waals surface area contributed by atoms with Crippen molar-refractivity contribution >= 4 is 27.3 Å². The molecule has 2 N–H and O–H groups in total. The SMILES string of the molecule is O=C(O)c1cc(NCC2CCS(=O)(=O)C2)ncc1[N+](=O)[O-]. The highest BCUT2D eigenvalue weighted by Crippen LogP contribution is 2.22. The first-order valence-corrected chi connectivity index (χ1v) is 7.92. The summed E-state index contributed by atoms with van der Waals surface area (Å²) in [6.07, 6.45) is 1.41. The summed E-state index contributed by atoms with van der Waals surface area (Å²) >= 11 is 0. The molecule has 1 aromatic rings. The number of hydrogen-bond donors (Lipinski definition) is 2. The molecule has 9 nitrogen and oxygen atoms in total. The molecule has 1 saturated heterocycles. The smallest absolute Gasteiger partial charge is 0.342 e. The van der Waals surface area contributed by atoms with Crippen LogP contribution in [0.2, 0.25) is 0 Å². The van der Waals surface area contributed by atoms with E-state index >= 15 is 0 Å². The molecule has 1 fully saturated rings. The number of aromatic nitrogens is 1. The zero-order chi connectivity index (χ0) is 15.6. The summed E-state index contributed by atoms with van der Waals surface area (Å²) < 4.78 is 22.6. The van der Waals surface area contributed by atoms with Gasteiger partial charge in [0.1, 0.15) is 17.6 Å². The van der Waals surface area contributed by atoms with Gasteiger partial charge in [0.2, 0.25) is 0 Å². The molecule has 114 valence electrons. The number of nitrogens with one attached hydrogen (secondary N) is 1. The van der Waals surface area contributed by atoms with Gasteiger partial charge in [-0.1, -0.05) is 0 Å². The number of carboxylic acids is 1. The Balaban J connectivity index is 2.09. The molecule has 21 heavy (non-hydrogen) atoms. The van der Waals surface area contributed by atoms with Gasteiger partial charge in [-0.05, 0) is 12.3 Å². The summed E-state index contributed by atoms with van der Waals surface area (Å²) in [7, 11) is -2.98. The van der Waals surface area contributed by atoms with Gasteiger partial charge in [0.05, 0.1) is 16.4 Å². The first-order valence-electron chi connectivity index (χ1n) is 6.10. The molecule has 0 aliphatic carbocycles. The van der Waals surface area contributed by atoms with E-state index in [0.29, 0.717) is 13.0 Å². The standard InChI is InChI=1S/C11H13N3O6S/c15-11(16)8-3-10(13-5-9(8)14(17)18)12-4-7-1-2-21(19,20)6-7/h3,5,7H,1-2,4,6H2,(H,12,13)(H,15,16). The number of hydrogen-bond acceptors (Lipinski definition) is 7. The highest BCUT2D eigenvalue weighted by molar-refractivity contribution is 7.91. The van der Waals surface area contributed by atoms with E-state index in [2.05, 4.69) is 10.3 Å². The quantitative estimate of drug-likeness (QED) is 0.592. The van der Waals surface area contributed by atoms with Crippen molar-refractivity contribution in [1.82, 2.24) is 4.98 Å². The van der Waals surface area contributed by atoms with Crippen LogP contribution in [-0.4, -0.2) is 47.5 Å². The topological polar surface area (TPSA) is 140 Å². The molecule has 0 aromatic carbocycles. The zero-order valence-electron chi connectivity index (χ0n) is 10.9. The summed E-state index contributed by atoms with van der Waals surface area (Å²) in [6, 6.07) is 1.07. The third-order valence-corrected chi connectivity index (χ3v) is 5.05. The van der Waals surface area contributed by atoms with Crippen LogP contribution in [0, 0.1) is 16.0 Å². The average molecular weight is 315 g/mol. The number of nitrogens with zero attached hydrogens (tertiary/aromatic N) is 2. The van der Waals surface area contributed by atoms with Crippen molar-refractivity contribution in [3.8, 4) is 0 Å². The van der Waals surface area contributed by atoms with Gasteiger partial charge in [-0.3, -0.25) is 10.1 Å². The molecule has 2 rings (SSSR count). The highest BCUT2D eigenvalue weighted by Gasteiger charge is 2.28. The van der Waals surface area contributed by atoms with Crippen molar-refractivity contribution in [2.24, 2.45) is 5.92 Å². The molecule has 1 aliphatic rings. The van der Waals surface area contributed by atoms with Crippen LogP contribution in [0.3, 0.4) is 0 Å². The van der Waals surface area contributed by atoms with Crippen molar-refractivity contribution in [1.29, 1.82) is 0 Å². The Kier molecular flexibility index (Phi) is 4.07. The van der Waals surface area contributed by atoms with Gasteiger partial charge in [-0.25, -0.2) is 18.2 Å². The maximum atomic E-state index is 11.3. The third kappa shape index (κ3) is 3.66. The lowest BCUT2D eigenvalue weighted by Gasteiger charge is -2.10. The van der Waals surface area contributed by atoms with E-state index in [1.54, 1.807) is 0 Å². The highest BCUT2D eigenvalue weighted by atomic mass is 32.2. The monoisotopic (exact) mass is 315 g/mol. The van der Waals surface area contributed by atoms with Crippen molar-refractivity contribution in [2.75, 3.05) is 23.4 Å². The van der Waals surface area contributed by atoms with Gasteiger partial charge in [0.15, 0.2) is 9.84 Å². The molecule has 1 unspecified atom stereocenters. The van der Waals surface area contributed by atoms with E-state index < -0.39 is 32.0 Å². The van der Waals surface area contributed by atoms with E-state index in [9.17, 15) is 23.3 Å². The number of sulfone groups is 1. The second-order valence-corrected chi connectivity index (χ2v) is 7.03. The number of anilines is 1. The minimum atomic E-state index is -2.98. The van der Waals surface area contributed by atoms with Gasteiger partial charge in [-0.2, -0.15) is 0 Å². The Hall–Kier alpha value is -2.23. The summed E-state index contributed by atoms with van der Waals surface area (Å²) in [4.78, 5) is 24.6. The van der Waals surface area contributed by atoms with Crippen molar-refractivity contribution in [2.45, 2.75) is 6.42 Å². The Labute approximate surface area is 120 Å². The Morgan fingerprint density at radius 3 is 2.81 bits per heavy atom. The molecule has 0 radical (unpaired) electrons. The minimum Gasteiger partial charge on any atom is -0.477 e. The van der Waals surface area contributed by atoms with Crippen LogP contribution in [0.15, 0.2) is 12.3 Å². The molecule has 10 heteroatoms. The van der Waals surface area contributed by atoms with Crippen LogP contribution >= 0.6 is 0 Å². The van der Waals surface area contributed by atoms with Gasteiger partial charge in [0.25, 0.3) is 0 Å². The number of carboxylic acid groups (broad SMARTS) is 1. The molecular weight excluding hydrogens is 302 g/mol. The van der Waals surface area contributed by atoms with Gasteiger partial charge >= 0.3 is 11.7 Å². The van der Waals surface area contributed by atoms with Crippen LogP contribution in [0.1, 0.15) is 16.8 Å². The number of carbonyl (C=O) groups is 1. The second-order valence-electron chi connectivity index (χ2n) is 4.80. The normalized spacial score (nSPS) is 20.1. The zero-order valence-corrected chi connectivity index (χ0v) is 11.7. The lowest BCUT2D eigenvalue weighted by atomic mass is 10.1. The summed E-state index contributed by atoms with van der Waals surface area (Å²) in [5.41, 5.74) is -1.05. The van der Waals surface area contributed by atoms with Crippen LogP contribution in [0.4, 0.5) is 11.5 Å². The molecule has 2 heterocycles. The summed E-state index contributed by atoms with van der Waals surface area (Å²) in [5, 5.41) is 22.5. The van der Waals surface area contributed by atoms with Crippen LogP contribution in [0.5, 0.6) is 0 Å². The predicted octanol–water partition coefficient (Wildman–Crippen LogP) is 0.535. The number of aromatic carboxylic acids is 1. The van der Waals surface area contributed by atoms with E-state index in [4.69, 9.17) is 5.11 Å². The van der Waals surface area contributed by atoms with Crippen molar-refractivity contribution in [3.63, 3.8) is 0 Å². The van der Waals surface area contributed by atoms with E-state index in [1.165, 1.54) is 0 Å². The maximum absolute atomic E-state index is 11.3. The second kappa shape index (κ2) is 5.64. The Bertz CT molecular complexity index is 687. The number of pyridine rings is 1. The molecule has 1 atom stereocenters. The Morgan fingerprint density at radius 2 is 2.29 bits per heavy atom.